The lowest BCUT2D eigenvalue weighted by molar-refractivity contribution is 0.275. The van der Waals surface area contributed by atoms with Crippen molar-refractivity contribution in [2.45, 2.75) is 50.1 Å². The van der Waals surface area contributed by atoms with E-state index in [1.54, 1.807) is 0 Å². The Morgan fingerprint density at radius 2 is 2.00 bits per heavy atom. The zero-order valence-electron chi connectivity index (χ0n) is 6.92. The molecule has 11 heavy (non-hydrogen) atoms. The van der Waals surface area contributed by atoms with Gasteiger partial charge in [0.05, 0.1) is 5.54 Å². The maximum atomic E-state index is 5.83. The lowest BCUT2D eigenvalue weighted by atomic mass is 9.79. The van der Waals surface area contributed by atoms with Crippen LogP contribution in [0.3, 0.4) is 0 Å². The van der Waals surface area contributed by atoms with Gasteiger partial charge < -0.3 is 5.73 Å². The summed E-state index contributed by atoms with van der Waals surface area (Å²) in [5.41, 5.74) is 6.18. The maximum Gasteiger partial charge on any atom is 0.0609 e. The topological polar surface area (TPSA) is 38.4 Å². The summed E-state index contributed by atoms with van der Waals surface area (Å²) in [6.07, 6.45) is 9.37. The SMILES string of the molecule is NC1CCC2(CCC=N2)CC1. The fourth-order valence-corrected chi connectivity index (χ4v) is 2.21. The number of hydrogen-bond donors (Lipinski definition) is 1. The van der Waals surface area contributed by atoms with Crippen molar-refractivity contribution in [3.63, 3.8) is 0 Å². The van der Waals surface area contributed by atoms with Crippen molar-refractivity contribution in [2.75, 3.05) is 0 Å². The average molecular weight is 152 g/mol. The normalized spacial score (nSPS) is 43.5. The van der Waals surface area contributed by atoms with Crippen molar-refractivity contribution in [1.82, 2.24) is 0 Å². The Kier molecular flexibility index (Phi) is 1.72. The summed E-state index contributed by atoms with van der Waals surface area (Å²) in [6, 6.07) is 0.455. The van der Waals surface area contributed by atoms with E-state index in [2.05, 4.69) is 11.2 Å². The van der Waals surface area contributed by atoms with E-state index in [-0.39, 0.29) is 0 Å². The van der Waals surface area contributed by atoms with E-state index in [4.69, 9.17) is 5.73 Å². The standard InChI is InChI=1S/C9H16N2/c10-8-2-5-9(6-3-8)4-1-7-11-9/h7-8H,1-6,10H2. The quantitative estimate of drug-likeness (QED) is 0.561. The molecule has 2 nitrogen and oxygen atoms in total. The number of nitrogens with zero attached hydrogens (tertiary/aromatic N) is 1. The lowest BCUT2D eigenvalue weighted by Gasteiger charge is -2.33. The Hall–Kier alpha value is -0.370. The van der Waals surface area contributed by atoms with Crippen LogP contribution in [0.25, 0.3) is 0 Å². The summed E-state index contributed by atoms with van der Waals surface area (Å²) in [5.74, 6) is 0. The summed E-state index contributed by atoms with van der Waals surface area (Å²) in [7, 11) is 0. The molecule has 1 aliphatic carbocycles. The minimum absolute atomic E-state index is 0.343. The van der Waals surface area contributed by atoms with E-state index in [9.17, 15) is 0 Å². The van der Waals surface area contributed by atoms with E-state index in [1.807, 2.05) is 0 Å². The first-order valence-electron chi connectivity index (χ1n) is 4.60. The molecule has 2 rings (SSSR count). The second-order valence-electron chi connectivity index (χ2n) is 3.91. The Labute approximate surface area is 67.9 Å². The molecular formula is C9H16N2. The van der Waals surface area contributed by atoms with Gasteiger partial charge in [-0.25, -0.2) is 0 Å². The molecular weight excluding hydrogens is 136 g/mol. The maximum absolute atomic E-state index is 5.83. The van der Waals surface area contributed by atoms with Gasteiger partial charge in [0, 0.05) is 6.04 Å². The predicted molar refractivity (Wildman–Crippen MR) is 46.9 cm³/mol. The van der Waals surface area contributed by atoms with Gasteiger partial charge >= 0.3 is 0 Å². The van der Waals surface area contributed by atoms with Crippen molar-refractivity contribution in [3.8, 4) is 0 Å². The van der Waals surface area contributed by atoms with Crippen LogP contribution in [0.5, 0.6) is 0 Å². The first kappa shape index (κ1) is 7.29. The highest BCUT2D eigenvalue weighted by Gasteiger charge is 2.34. The van der Waals surface area contributed by atoms with Crippen LogP contribution < -0.4 is 5.73 Å². The monoisotopic (exact) mass is 152 g/mol. The molecule has 2 aliphatic rings. The van der Waals surface area contributed by atoms with Crippen LogP contribution in [0.1, 0.15) is 38.5 Å². The van der Waals surface area contributed by atoms with Crippen LogP contribution in [0.2, 0.25) is 0 Å². The molecule has 0 atom stereocenters. The first-order chi connectivity index (χ1) is 5.31. The minimum Gasteiger partial charge on any atom is -0.328 e. The molecule has 0 aromatic carbocycles. The molecule has 2 N–H and O–H groups in total. The van der Waals surface area contributed by atoms with Crippen molar-refractivity contribution in [1.29, 1.82) is 0 Å². The fraction of sp³-hybridized carbons (Fsp3) is 0.889. The van der Waals surface area contributed by atoms with Crippen LogP contribution >= 0.6 is 0 Å². The van der Waals surface area contributed by atoms with Crippen LogP contribution in [0.15, 0.2) is 4.99 Å². The molecule has 1 spiro atoms. The second-order valence-corrected chi connectivity index (χ2v) is 3.91. The molecule has 0 amide bonds. The molecule has 0 saturated heterocycles. The van der Waals surface area contributed by atoms with Gasteiger partial charge in [-0.1, -0.05) is 0 Å². The van der Waals surface area contributed by atoms with Crippen LogP contribution in [0, 0.1) is 0 Å². The van der Waals surface area contributed by atoms with E-state index >= 15 is 0 Å². The average Bonchev–Trinajstić information content (AvgIpc) is 2.45. The summed E-state index contributed by atoms with van der Waals surface area (Å²) in [5, 5.41) is 0. The van der Waals surface area contributed by atoms with Crippen molar-refractivity contribution in [3.05, 3.63) is 0 Å². The van der Waals surface area contributed by atoms with Gasteiger partial charge in [0.1, 0.15) is 0 Å². The first-order valence-corrected chi connectivity index (χ1v) is 4.60. The largest absolute Gasteiger partial charge is 0.328 e. The molecule has 0 aromatic heterocycles. The van der Waals surface area contributed by atoms with Gasteiger partial charge in [-0.15, -0.1) is 0 Å². The molecule has 1 aliphatic heterocycles. The third kappa shape index (κ3) is 1.32. The number of aliphatic imine (C=N–C) groups is 1. The van der Waals surface area contributed by atoms with Crippen LogP contribution in [-0.4, -0.2) is 17.8 Å². The molecule has 1 saturated carbocycles. The third-order valence-electron chi connectivity index (χ3n) is 3.06. The predicted octanol–water partition coefficient (Wildman–Crippen LogP) is 1.49. The summed E-state index contributed by atoms with van der Waals surface area (Å²) in [6.45, 7) is 0. The van der Waals surface area contributed by atoms with E-state index in [0.717, 1.165) is 0 Å². The Morgan fingerprint density at radius 1 is 1.27 bits per heavy atom. The molecule has 1 heterocycles. The van der Waals surface area contributed by atoms with Crippen molar-refractivity contribution in [2.24, 2.45) is 10.7 Å². The van der Waals surface area contributed by atoms with Gasteiger partial charge in [-0.05, 0) is 44.7 Å². The van der Waals surface area contributed by atoms with Gasteiger partial charge in [0.15, 0.2) is 0 Å². The van der Waals surface area contributed by atoms with Crippen molar-refractivity contribution >= 4 is 6.21 Å². The van der Waals surface area contributed by atoms with Crippen LogP contribution in [-0.2, 0) is 0 Å². The third-order valence-corrected chi connectivity index (χ3v) is 3.06. The molecule has 0 unspecified atom stereocenters. The van der Waals surface area contributed by atoms with Gasteiger partial charge in [0.25, 0.3) is 0 Å². The zero-order valence-corrected chi connectivity index (χ0v) is 6.92. The second kappa shape index (κ2) is 2.59. The van der Waals surface area contributed by atoms with Gasteiger partial charge in [-0.2, -0.15) is 0 Å². The highest BCUT2D eigenvalue weighted by atomic mass is 14.9. The highest BCUT2D eigenvalue weighted by Crippen LogP contribution is 2.37. The fourth-order valence-electron chi connectivity index (χ4n) is 2.21. The van der Waals surface area contributed by atoms with Crippen LogP contribution in [0.4, 0.5) is 0 Å². The molecule has 0 radical (unpaired) electrons. The Balaban J connectivity index is 2.00. The number of hydrogen-bond acceptors (Lipinski definition) is 2. The number of nitrogens with two attached hydrogens (primary N) is 1. The smallest absolute Gasteiger partial charge is 0.0609 e. The number of rotatable bonds is 0. The molecule has 1 fully saturated rings. The Bertz CT molecular complexity index is 166. The lowest BCUT2D eigenvalue weighted by Crippen LogP contribution is -2.35. The zero-order chi connectivity index (χ0) is 7.73. The summed E-state index contributed by atoms with van der Waals surface area (Å²) in [4.78, 5) is 4.58. The van der Waals surface area contributed by atoms with Gasteiger partial charge in [0.2, 0.25) is 0 Å². The van der Waals surface area contributed by atoms with Gasteiger partial charge in [-0.3, -0.25) is 4.99 Å². The summed E-state index contributed by atoms with van der Waals surface area (Å²) >= 11 is 0. The molecule has 62 valence electrons. The molecule has 0 aromatic rings. The highest BCUT2D eigenvalue weighted by molar-refractivity contribution is 5.61. The summed E-state index contributed by atoms with van der Waals surface area (Å²) < 4.78 is 0. The van der Waals surface area contributed by atoms with Crippen molar-refractivity contribution < 1.29 is 0 Å². The van der Waals surface area contributed by atoms with E-state index in [1.165, 1.54) is 38.5 Å². The minimum atomic E-state index is 0.343. The van der Waals surface area contributed by atoms with E-state index in [0.29, 0.717) is 11.6 Å². The molecule has 2 heteroatoms. The Morgan fingerprint density at radius 3 is 2.55 bits per heavy atom. The molecule has 0 bridgehead atoms. The van der Waals surface area contributed by atoms with E-state index < -0.39 is 0 Å².